The zero-order valence-electron chi connectivity index (χ0n) is 20.2. The van der Waals surface area contributed by atoms with Crippen LogP contribution in [0.15, 0.2) is 36.4 Å². The van der Waals surface area contributed by atoms with Crippen LogP contribution in [0.5, 0.6) is 5.75 Å². The number of ether oxygens (including phenoxy) is 2. The van der Waals surface area contributed by atoms with Crippen LogP contribution >= 0.6 is 0 Å². The normalized spacial score (nSPS) is 25.7. The number of nitrogens with one attached hydrogen (secondary N) is 1. The molecule has 0 bridgehead atoms. The summed E-state index contributed by atoms with van der Waals surface area (Å²) in [6.45, 7) is 4.47. The van der Waals surface area contributed by atoms with Gasteiger partial charge in [0.1, 0.15) is 11.8 Å². The summed E-state index contributed by atoms with van der Waals surface area (Å²) in [5.74, 6) is -1.95. The third-order valence-corrected chi connectivity index (χ3v) is 6.77. The summed E-state index contributed by atoms with van der Waals surface area (Å²) in [4.78, 5) is 41.5. The first-order valence-electron chi connectivity index (χ1n) is 12.1. The van der Waals surface area contributed by atoms with E-state index in [4.69, 9.17) is 14.6 Å². The number of aliphatic hydroxyl groups excluding tert-OH is 1. The predicted molar refractivity (Wildman–Crippen MR) is 128 cm³/mol. The molecule has 0 saturated carbocycles. The van der Waals surface area contributed by atoms with Crippen molar-refractivity contribution in [3.8, 4) is 5.75 Å². The van der Waals surface area contributed by atoms with E-state index in [1.54, 1.807) is 43.2 Å². The van der Waals surface area contributed by atoms with Crippen LogP contribution in [0.25, 0.3) is 0 Å². The number of carbonyl (C=O) groups excluding carboxylic acids is 3. The zero-order valence-corrected chi connectivity index (χ0v) is 20.2. The van der Waals surface area contributed by atoms with E-state index >= 15 is 0 Å². The van der Waals surface area contributed by atoms with Gasteiger partial charge in [0.2, 0.25) is 11.8 Å². The molecule has 1 saturated heterocycles. The molecule has 1 aliphatic carbocycles. The van der Waals surface area contributed by atoms with E-state index in [-0.39, 0.29) is 36.9 Å². The summed E-state index contributed by atoms with van der Waals surface area (Å²) in [6.07, 6.45) is 6.99. The van der Waals surface area contributed by atoms with Crippen molar-refractivity contribution in [3.05, 3.63) is 36.4 Å². The fourth-order valence-corrected chi connectivity index (χ4v) is 5.07. The van der Waals surface area contributed by atoms with Gasteiger partial charge in [0.05, 0.1) is 25.6 Å². The van der Waals surface area contributed by atoms with Crippen molar-refractivity contribution in [1.29, 1.82) is 0 Å². The predicted octanol–water partition coefficient (Wildman–Crippen LogP) is 3.01. The molecule has 8 nitrogen and oxygen atoms in total. The molecular formula is C26H36N2O6. The Hall–Kier alpha value is -2.87. The third-order valence-electron chi connectivity index (χ3n) is 6.77. The van der Waals surface area contributed by atoms with Gasteiger partial charge in [0.15, 0.2) is 0 Å². The van der Waals surface area contributed by atoms with Crippen molar-refractivity contribution in [3.63, 3.8) is 0 Å². The number of unbranched alkanes of at least 4 members (excludes halogenated alkanes) is 3. The second-order valence-electron chi connectivity index (χ2n) is 8.96. The Labute approximate surface area is 201 Å². The highest BCUT2D eigenvalue weighted by molar-refractivity contribution is 6.01. The highest BCUT2D eigenvalue weighted by atomic mass is 16.5. The van der Waals surface area contributed by atoms with Crippen molar-refractivity contribution < 1.29 is 29.0 Å². The second-order valence-corrected chi connectivity index (χ2v) is 8.96. The van der Waals surface area contributed by atoms with Gasteiger partial charge < -0.3 is 24.8 Å². The maximum Gasteiger partial charge on any atom is 0.310 e. The number of anilines is 1. The lowest BCUT2D eigenvalue weighted by Gasteiger charge is -2.32. The van der Waals surface area contributed by atoms with Crippen molar-refractivity contribution >= 4 is 23.5 Å². The fraction of sp³-hybridized carbons (Fsp3) is 0.577. The van der Waals surface area contributed by atoms with Crippen LogP contribution in [0.4, 0.5) is 5.69 Å². The van der Waals surface area contributed by atoms with Crippen LogP contribution in [0.2, 0.25) is 0 Å². The number of aliphatic hydroxyl groups is 1. The molecule has 3 rings (SSSR count). The maximum atomic E-state index is 13.6. The molecule has 1 heterocycles. The molecule has 2 amide bonds. The zero-order chi connectivity index (χ0) is 24.7. The second kappa shape index (κ2) is 12.0. The number of likely N-dealkylation sites (tertiary alicyclic amines) is 1. The number of fused-ring (bicyclic) bond motifs is 1. The van der Waals surface area contributed by atoms with Gasteiger partial charge in [-0.3, -0.25) is 14.4 Å². The van der Waals surface area contributed by atoms with Crippen LogP contribution in [-0.4, -0.2) is 60.7 Å². The Morgan fingerprint density at radius 1 is 1.09 bits per heavy atom. The van der Waals surface area contributed by atoms with Gasteiger partial charge >= 0.3 is 5.97 Å². The average Bonchev–Trinajstić information content (AvgIpc) is 3.11. The monoisotopic (exact) mass is 472 g/mol. The number of hydrogen-bond donors (Lipinski definition) is 2. The molecule has 5 atom stereocenters. The van der Waals surface area contributed by atoms with Gasteiger partial charge in [-0.15, -0.1) is 0 Å². The summed E-state index contributed by atoms with van der Waals surface area (Å²) in [7, 11) is 1.58. The molecule has 1 aromatic rings. The fourth-order valence-electron chi connectivity index (χ4n) is 5.07. The number of benzene rings is 1. The van der Waals surface area contributed by atoms with Gasteiger partial charge in [-0.2, -0.15) is 0 Å². The first kappa shape index (κ1) is 25.7. The lowest BCUT2D eigenvalue weighted by molar-refractivity contribution is -0.155. The van der Waals surface area contributed by atoms with Crippen molar-refractivity contribution in [1.82, 2.24) is 4.90 Å². The van der Waals surface area contributed by atoms with Crippen LogP contribution in [-0.2, 0) is 19.1 Å². The van der Waals surface area contributed by atoms with Gasteiger partial charge in [-0.25, -0.2) is 0 Å². The van der Waals surface area contributed by atoms with E-state index in [1.165, 1.54) is 0 Å². The van der Waals surface area contributed by atoms with E-state index in [2.05, 4.69) is 5.32 Å². The Balaban J connectivity index is 1.85. The van der Waals surface area contributed by atoms with Crippen LogP contribution in [0, 0.1) is 23.7 Å². The van der Waals surface area contributed by atoms with Crippen molar-refractivity contribution in [2.45, 2.75) is 45.6 Å². The first-order valence-corrected chi connectivity index (χ1v) is 12.1. The number of methoxy groups -OCH3 is 1. The quantitative estimate of drug-likeness (QED) is 0.291. The lowest BCUT2D eigenvalue weighted by Crippen LogP contribution is -2.44. The maximum absolute atomic E-state index is 13.6. The largest absolute Gasteiger partial charge is 0.497 e. The SMILES string of the molecule is CCOC(=O)[C@H]1[C@H]2C(=O)N(CCCCCCO)[C@H](C(=O)Nc3ccc(OC)cc3)[C@H]2C=C[C@H]1C. The number of amides is 2. The molecule has 1 aliphatic heterocycles. The van der Waals surface area contributed by atoms with Gasteiger partial charge in [-0.05, 0) is 49.9 Å². The Kier molecular flexibility index (Phi) is 9.10. The minimum atomic E-state index is -0.710. The molecule has 8 heteroatoms. The van der Waals surface area contributed by atoms with E-state index < -0.39 is 23.8 Å². The minimum absolute atomic E-state index is 0.142. The summed E-state index contributed by atoms with van der Waals surface area (Å²) in [5, 5.41) is 12.0. The molecule has 0 radical (unpaired) electrons. The molecule has 186 valence electrons. The number of rotatable bonds is 11. The average molecular weight is 473 g/mol. The van der Waals surface area contributed by atoms with Crippen LogP contribution in [0.3, 0.4) is 0 Å². The number of nitrogens with zero attached hydrogens (tertiary/aromatic N) is 1. The number of allylic oxidation sites excluding steroid dienone is 1. The smallest absolute Gasteiger partial charge is 0.310 e. The highest BCUT2D eigenvalue weighted by Crippen LogP contribution is 2.44. The highest BCUT2D eigenvalue weighted by Gasteiger charge is 2.56. The van der Waals surface area contributed by atoms with E-state index in [9.17, 15) is 14.4 Å². The standard InChI is InChI=1S/C26H36N2O6/c1-4-34-26(32)21-17(2)9-14-20-22(21)25(31)28(15-7-5-6-8-16-29)23(20)24(30)27-18-10-12-19(33-3)13-11-18/h9-14,17,20-23,29H,4-8,15-16H2,1-3H3,(H,27,30)/t17-,20+,21-,22+,23+/m1/s1. The Morgan fingerprint density at radius 3 is 2.44 bits per heavy atom. The summed E-state index contributed by atoms with van der Waals surface area (Å²) < 4.78 is 10.5. The van der Waals surface area contributed by atoms with Crippen LogP contribution in [0.1, 0.15) is 39.5 Å². The van der Waals surface area contributed by atoms with E-state index in [0.717, 1.165) is 19.3 Å². The molecule has 1 fully saturated rings. The summed E-state index contributed by atoms with van der Waals surface area (Å²) in [6, 6.07) is 6.32. The lowest BCUT2D eigenvalue weighted by atomic mass is 9.70. The number of carbonyl (C=O) groups is 3. The van der Waals surface area contributed by atoms with E-state index in [1.807, 2.05) is 19.1 Å². The molecule has 2 aliphatic rings. The minimum Gasteiger partial charge on any atom is -0.497 e. The molecule has 0 aromatic heterocycles. The first-order chi connectivity index (χ1) is 16.4. The summed E-state index contributed by atoms with van der Waals surface area (Å²) >= 11 is 0. The van der Waals surface area contributed by atoms with Crippen LogP contribution < -0.4 is 10.1 Å². The molecular weight excluding hydrogens is 436 g/mol. The summed E-state index contributed by atoms with van der Waals surface area (Å²) in [5.41, 5.74) is 0.611. The van der Waals surface area contributed by atoms with Gasteiger partial charge in [-0.1, -0.05) is 31.9 Å². The topological polar surface area (TPSA) is 105 Å². The van der Waals surface area contributed by atoms with Crippen molar-refractivity contribution in [2.75, 3.05) is 32.2 Å². The van der Waals surface area contributed by atoms with Crippen molar-refractivity contribution in [2.24, 2.45) is 23.7 Å². The third kappa shape index (κ3) is 5.60. The number of esters is 1. The molecule has 0 spiro atoms. The number of hydrogen-bond acceptors (Lipinski definition) is 6. The molecule has 34 heavy (non-hydrogen) atoms. The van der Waals surface area contributed by atoms with Gasteiger partial charge in [0, 0.05) is 24.8 Å². The molecule has 1 aromatic carbocycles. The van der Waals surface area contributed by atoms with Gasteiger partial charge in [0.25, 0.3) is 0 Å². The Morgan fingerprint density at radius 2 is 1.79 bits per heavy atom. The molecule has 0 unspecified atom stereocenters. The van der Waals surface area contributed by atoms with E-state index in [0.29, 0.717) is 24.4 Å². The molecule has 2 N–H and O–H groups in total. The Bertz CT molecular complexity index is 884.